The van der Waals surface area contributed by atoms with Crippen LogP contribution in [-0.4, -0.2) is 32.8 Å². The fraction of sp³-hybridized carbons (Fsp3) is 1.00. The fourth-order valence-corrected chi connectivity index (χ4v) is 3.46. The molecular weight excluding hydrogens is 212 g/mol. The Balaban J connectivity index is 2.40. The molecule has 0 bridgehead atoms. The third-order valence-electron chi connectivity index (χ3n) is 2.83. The van der Waals surface area contributed by atoms with Crippen molar-refractivity contribution >= 4 is 10.0 Å². The fourth-order valence-electron chi connectivity index (χ4n) is 1.77. The van der Waals surface area contributed by atoms with Crippen molar-refractivity contribution in [2.75, 3.05) is 12.3 Å². The molecule has 0 aromatic heterocycles. The van der Waals surface area contributed by atoms with E-state index in [4.69, 9.17) is 0 Å². The summed E-state index contributed by atoms with van der Waals surface area (Å²) in [5.74, 6) is 0.220. The van der Waals surface area contributed by atoms with Gasteiger partial charge in [-0.15, -0.1) is 0 Å². The van der Waals surface area contributed by atoms with Gasteiger partial charge in [0, 0.05) is 12.1 Å². The molecule has 1 heterocycles. The van der Waals surface area contributed by atoms with Gasteiger partial charge < -0.3 is 5.32 Å². The second-order valence-electron chi connectivity index (χ2n) is 4.36. The van der Waals surface area contributed by atoms with E-state index in [1.54, 1.807) is 0 Å². The number of rotatable bonds is 5. The Bertz CT molecular complexity index is 271. The van der Waals surface area contributed by atoms with Gasteiger partial charge in [-0.1, -0.05) is 13.3 Å². The molecule has 1 rings (SSSR count). The maximum Gasteiger partial charge on any atom is 0.213 e. The lowest BCUT2D eigenvalue weighted by molar-refractivity contribution is 0.421. The van der Waals surface area contributed by atoms with Gasteiger partial charge in [0.15, 0.2) is 0 Å². The molecular formula is C10H22N2O2S. The van der Waals surface area contributed by atoms with Gasteiger partial charge in [-0.2, -0.15) is 0 Å². The van der Waals surface area contributed by atoms with Crippen LogP contribution in [0.2, 0.25) is 0 Å². The van der Waals surface area contributed by atoms with Gasteiger partial charge in [-0.3, -0.25) is 0 Å². The molecule has 0 aromatic carbocycles. The van der Waals surface area contributed by atoms with E-state index in [9.17, 15) is 8.42 Å². The van der Waals surface area contributed by atoms with Crippen LogP contribution in [0.3, 0.4) is 0 Å². The first-order chi connectivity index (χ1) is 7.03. The van der Waals surface area contributed by atoms with Crippen molar-refractivity contribution in [1.29, 1.82) is 0 Å². The van der Waals surface area contributed by atoms with E-state index < -0.39 is 10.0 Å². The van der Waals surface area contributed by atoms with Crippen molar-refractivity contribution in [2.45, 2.75) is 51.6 Å². The first kappa shape index (κ1) is 12.9. The van der Waals surface area contributed by atoms with Gasteiger partial charge in [0.05, 0.1) is 5.75 Å². The highest BCUT2D eigenvalue weighted by atomic mass is 32.2. The van der Waals surface area contributed by atoms with Gasteiger partial charge in [0.1, 0.15) is 0 Å². The van der Waals surface area contributed by atoms with Crippen molar-refractivity contribution in [3.8, 4) is 0 Å². The van der Waals surface area contributed by atoms with Crippen molar-refractivity contribution in [3.63, 3.8) is 0 Å². The zero-order valence-corrected chi connectivity index (χ0v) is 10.4. The van der Waals surface area contributed by atoms with Crippen LogP contribution in [0, 0.1) is 0 Å². The van der Waals surface area contributed by atoms with Crippen molar-refractivity contribution in [1.82, 2.24) is 10.0 Å². The van der Waals surface area contributed by atoms with Gasteiger partial charge in [0.25, 0.3) is 0 Å². The van der Waals surface area contributed by atoms with E-state index in [0.717, 1.165) is 32.2 Å². The normalized spacial score (nSPS) is 25.1. The third-order valence-corrected chi connectivity index (χ3v) is 4.43. The molecule has 2 N–H and O–H groups in total. The minimum absolute atomic E-state index is 0.0404. The minimum Gasteiger partial charge on any atom is -0.313 e. The SMILES string of the molecule is CCC(C)NS(=O)(=O)CC1CCCCN1. The lowest BCUT2D eigenvalue weighted by Crippen LogP contribution is -2.44. The van der Waals surface area contributed by atoms with Crippen molar-refractivity contribution in [3.05, 3.63) is 0 Å². The predicted octanol–water partition coefficient (Wildman–Crippen LogP) is 0.846. The first-order valence-corrected chi connectivity index (χ1v) is 7.42. The topological polar surface area (TPSA) is 58.2 Å². The van der Waals surface area contributed by atoms with Crippen LogP contribution in [0.1, 0.15) is 39.5 Å². The average molecular weight is 234 g/mol. The van der Waals surface area contributed by atoms with Crippen molar-refractivity contribution in [2.24, 2.45) is 0 Å². The molecule has 1 aliphatic rings. The molecule has 15 heavy (non-hydrogen) atoms. The lowest BCUT2D eigenvalue weighted by Gasteiger charge is -2.24. The summed E-state index contributed by atoms with van der Waals surface area (Å²) in [6.07, 6.45) is 4.10. The summed E-state index contributed by atoms with van der Waals surface area (Å²) in [5, 5.41) is 3.25. The quantitative estimate of drug-likeness (QED) is 0.741. The standard InChI is InChI=1S/C10H22N2O2S/c1-3-9(2)12-15(13,14)8-10-6-4-5-7-11-10/h9-12H,3-8H2,1-2H3. The number of nitrogens with one attached hydrogen (secondary N) is 2. The highest BCUT2D eigenvalue weighted by molar-refractivity contribution is 7.89. The molecule has 1 aliphatic heterocycles. The zero-order chi connectivity index (χ0) is 11.3. The number of piperidine rings is 1. The zero-order valence-electron chi connectivity index (χ0n) is 9.62. The largest absolute Gasteiger partial charge is 0.313 e. The molecule has 1 fully saturated rings. The van der Waals surface area contributed by atoms with Crippen LogP contribution in [0.5, 0.6) is 0 Å². The maximum atomic E-state index is 11.7. The third kappa shape index (κ3) is 4.95. The second-order valence-corrected chi connectivity index (χ2v) is 6.15. The van der Waals surface area contributed by atoms with Gasteiger partial charge in [-0.05, 0) is 32.7 Å². The van der Waals surface area contributed by atoms with Crippen molar-refractivity contribution < 1.29 is 8.42 Å². The Labute approximate surface area is 92.9 Å². The van der Waals surface area contributed by atoms with Crippen LogP contribution < -0.4 is 10.0 Å². The van der Waals surface area contributed by atoms with Crippen LogP contribution in [0.25, 0.3) is 0 Å². The molecule has 0 radical (unpaired) electrons. The molecule has 0 amide bonds. The Hall–Kier alpha value is -0.130. The van der Waals surface area contributed by atoms with Crippen LogP contribution in [-0.2, 0) is 10.0 Å². The van der Waals surface area contributed by atoms with E-state index in [1.165, 1.54) is 0 Å². The van der Waals surface area contributed by atoms with Gasteiger partial charge >= 0.3 is 0 Å². The van der Waals surface area contributed by atoms with Crippen LogP contribution in [0.4, 0.5) is 0 Å². The summed E-state index contributed by atoms with van der Waals surface area (Å²) in [4.78, 5) is 0. The summed E-state index contributed by atoms with van der Waals surface area (Å²) < 4.78 is 26.1. The molecule has 1 saturated heterocycles. The van der Waals surface area contributed by atoms with Gasteiger partial charge in [0.2, 0.25) is 10.0 Å². The Morgan fingerprint density at radius 2 is 2.20 bits per heavy atom. The van der Waals surface area contributed by atoms with E-state index in [1.807, 2.05) is 13.8 Å². The van der Waals surface area contributed by atoms with Gasteiger partial charge in [-0.25, -0.2) is 13.1 Å². The number of sulfonamides is 1. The summed E-state index contributed by atoms with van der Waals surface area (Å²) in [6.45, 7) is 4.82. The Morgan fingerprint density at radius 3 is 2.73 bits per heavy atom. The lowest BCUT2D eigenvalue weighted by atomic mass is 10.1. The highest BCUT2D eigenvalue weighted by Crippen LogP contribution is 2.09. The molecule has 2 atom stereocenters. The molecule has 0 aliphatic carbocycles. The summed E-state index contributed by atoms with van der Waals surface area (Å²) in [5.41, 5.74) is 0. The van der Waals surface area contributed by atoms with Crippen LogP contribution in [0.15, 0.2) is 0 Å². The molecule has 0 saturated carbocycles. The Morgan fingerprint density at radius 1 is 1.47 bits per heavy atom. The number of hydrogen-bond acceptors (Lipinski definition) is 3. The minimum atomic E-state index is -3.11. The maximum absolute atomic E-state index is 11.7. The van der Waals surface area contributed by atoms with E-state index in [0.29, 0.717) is 0 Å². The Kier molecular flexibility index (Phi) is 5.02. The smallest absolute Gasteiger partial charge is 0.213 e. The second kappa shape index (κ2) is 5.82. The first-order valence-electron chi connectivity index (χ1n) is 5.77. The molecule has 90 valence electrons. The summed E-state index contributed by atoms with van der Waals surface area (Å²) in [6, 6.07) is 0.180. The van der Waals surface area contributed by atoms with Crippen LogP contribution >= 0.6 is 0 Å². The van der Waals surface area contributed by atoms with E-state index >= 15 is 0 Å². The van der Waals surface area contributed by atoms with E-state index in [-0.39, 0.29) is 17.8 Å². The molecule has 5 heteroatoms. The monoisotopic (exact) mass is 234 g/mol. The molecule has 4 nitrogen and oxygen atoms in total. The van der Waals surface area contributed by atoms with E-state index in [2.05, 4.69) is 10.0 Å². The molecule has 0 aromatic rings. The molecule has 2 unspecified atom stereocenters. The number of hydrogen-bond donors (Lipinski definition) is 2. The summed E-state index contributed by atoms with van der Waals surface area (Å²) in [7, 11) is -3.11. The predicted molar refractivity (Wildman–Crippen MR) is 62.3 cm³/mol. The average Bonchev–Trinajstić information content (AvgIpc) is 2.17. The summed E-state index contributed by atoms with van der Waals surface area (Å²) >= 11 is 0. The molecule has 0 spiro atoms. The highest BCUT2D eigenvalue weighted by Gasteiger charge is 2.21.